The van der Waals surface area contributed by atoms with Gasteiger partial charge in [0.2, 0.25) is 0 Å². The largest absolute Gasteiger partial charge is 0.442 e. The molecule has 2 amide bonds. The zero-order valence-corrected chi connectivity index (χ0v) is 14.4. The molecule has 1 aliphatic rings. The second-order valence-corrected chi connectivity index (χ2v) is 6.21. The van der Waals surface area contributed by atoms with Gasteiger partial charge in [-0.25, -0.2) is 4.79 Å². The lowest BCUT2D eigenvalue weighted by Gasteiger charge is -2.14. The minimum Gasteiger partial charge on any atom is -0.442 e. The summed E-state index contributed by atoms with van der Waals surface area (Å²) in [6, 6.07) is 11.8. The highest BCUT2D eigenvalue weighted by Gasteiger charge is 2.36. The zero-order valence-electron chi connectivity index (χ0n) is 14.4. The number of hydrogen-bond donors (Lipinski definition) is 1. The molecule has 1 atom stereocenters. The molecule has 5 nitrogen and oxygen atoms in total. The average Bonchev–Trinajstić information content (AvgIpc) is 3.00. The van der Waals surface area contributed by atoms with Gasteiger partial charge in [0.25, 0.3) is 5.91 Å². The number of amides is 2. The van der Waals surface area contributed by atoms with Crippen LogP contribution in [0.15, 0.2) is 48.5 Å². The normalized spacial score (nSPS) is 17.0. The van der Waals surface area contributed by atoms with E-state index in [0.717, 1.165) is 17.7 Å². The van der Waals surface area contributed by atoms with Gasteiger partial charge in [0.15, 0.2) is 0 Å². The van der Waals surface area contributed by atoms with Crippen LogP contribution in [0.25, 0.3) is 0 Å². The van der Waals surface area contributed by atoms with E-state index in [1.54, 1.807) is 12.1 Å². The zero-order chi connectivity index (χ0) is 19.6. The Balaban J connectivity index is 1.64. The van der Waals surface area contributed by atoms with Crippen LogP contribution >= 0.6 is 0 Å². The average molecular weight is 378 g/mol. The van der Waals surface area contributed by atoms with Crippen LogP contribution in [0.4, 0.5) is 23.7 Å². The fourth-order valence-electron chi connectivity index (χ4n) is 2.79. The third kappa shape index (κ3) is 4.21. The first-order chi connectivity index (χ1) is 12.8. The highest BCUT2D eigenvalue weighted by molar-refractivity contribution is 5.96. The van der Waals surface area contributed by atoms with Crippen LogP contribution in [0.5, 0.6) is 0 Å². The van der Waals surface area contributed by atoms with Gasteiger partial charge >= 0.3 is 12.3 Å². The van der Waals surface area contributed by atoms with E-state index in [1.807, 2.05) is 19.1 Å². The van der Waals surface area contributed by atoms with Gasteiger partial charge in [0.05, 0.1) is 24.2 Å². The Kier molecular flexibility index (Phi) is 5.07. The van der Waals surface area contributed by atoms with Crippen LogP contribution in [0.1, 0.15) is 21.5 Å². The number of nitrogens with one attached hydrogen (secondary N) is 1. The molecule has 0 unspecified atom stereocenters. The maximum atomic E-state index is 13.0. The number of benzene rings is 2. The molecule has 1 saturated heterocycles. The van der Waals surface area contributed by atoms with E-state index in [2.05, 4.69) is 5.32 Å². The lowest BCUT2D eigenvalue weighted by molar-refractivity contribution is -0.137. The Hall–Kier alpha value is -3.03. The molecule has 1 fully saturated rings. The van der Waals surface area contributed by atoms with Crippen LogP contribution in [0.3, 0.4) is 0 Å². The monoisotopic (exact) mass is 378 g/mol. The first-order valence-electron chi connectivity index (χ1n) is 8.25. The summed E-state index contributed by atoms with van der Waals surface area (Å²) < 4.78 is 44.2. The van der Waals surface area contributed by atoms with Gasteiger partial charge in [-0.3, -0.25) is 9.69 Å². The molecule has 2 aromatic rings. The maximum Gasteiger partial charge on any atom is 0.417 e. The smallest absolute Gasteiger partial charge is 0.417 e. The van der Waals surface area contributed by atoms with E-state index in [-0.39, 0.29) is 13.1 Å². The van der Waals surface area contributed by atoms with Crippen molar-refractivity contribution in [3.05, 3.63) is 65.2 Å². The summed E-state index contributed by atoms with van der Waals surface area (Å²) in [5.74, 6) is -0.868. The van der Waals surface area contributed by atoms with Crippen molar-refractivity contribution >= 4 is 17.7 Å². The van der Waals surface area contributed by atoms with E-state index in [0.29, 0.717) is 5.69 Å². The summed E-state index contributed by atoms with van der Waals surface area (Å²) in [6.07, 6.45) is -5.84. The summed E-state index contributed by atoms with van der Waals surface area (Å²) in [5.41, 5.74) is 0.220. The van der Waals surface area contributed by atoms with Crippen LogP contribution in [0.2, 0.25) is 0 Å². The Bertz CT molecular complexity index is 850. The van der Waals surface area contributed by atoms with E-state index < -0.39 is 35.4 Å². The first-order valence-corrected chi connectivity index (χ1v) is 8.25. The summed E-state index contributed by atoms with van der Waals surface area (Å²) in [6.45, 7) is 2.03. The standard InChI is InChI=1S/C19H17F3N2O3/c1-12-6-8-13(9-7-12)24-11-14(27-18(24)26)10-23-17(25)15-4-2-3-5-16(15)19(20,21)22/h2-9,14H,10-11H2,1H3,(H,23,25)/t14-/m1/s1. The SMILES string of the molecule is Cc1ccc(N2C[C@@H](CNC(=O)c3ccccc3C(F)(F)F)OC2=O)cc1. The molecule has 0 aromatic heterocycles. The maximum absolute atomic E-state index is 13.0. The number of ether oxygens (including phenoxy) is 1. The molecule has 0 saturated carbocycles. The highest BCUT2D eigenvalue weighted by atomic mass is 19.4. The first kappa shape index (κ1) is 18.8. The van der Waals surface area contributed by atoms with Crippen molar-refractivity contribution in [2.24, 2.45) is 0 Å². The molecule has 2 aromatic carbocycles. The number of cyclic esters (lactones) is 1. The van der Waals surface area contributed by atoms with E-state index in [1.165, 1.54) is 17.0 Å². The number of alkyl halides is 3. The predicted octanol–water partition coefficient (Wildman–Crippen LogP) is 3.77. The molecular formula is C19H17F3N2O3. The van der Waals surface area contributed by atoms with Crippen molar-refractivity contribution in [1.82, 2.24) is 5.32 Å². The molecular weight excluding hydrogens is 361 g/mol. The second-order valence-electron chi connectivity index (χ2n) is 6.21. The van der Waals surface area contributed by atoms with Crippen molar-refractivity contribution in [3.63, 3.8) is 0 Å². The number of nitrogens with zero attached hydrogens (tertiary/aromatic N) is 1. The van der Waals surface area contributed by atoms with Gasteiger partial charge < -0.3 is 10.1 Å². The van der Waals surface area contributed by atoms with Gasteiger partial charge in [-0.05, 0) is 31.2 Å². The van der Waals surface area contributed by atoms with Gasteiger partial charge in [-0.1, -0.05) is 29.8 Å². The molecule has 8 heteroatoms. The van der Waals surface area contributed by atoms with Crippen molar-refractivity contribution < 1.29 is 27.5 Å². The fourth-order valence-corrected chi connectivity index (χ4v) is 2.79. The highest BCUT2D eigenvalue weighted by Crippen LogP contribution is 2.31. The third-order valence-electron chi connectivity index (χ3n) is 4.19. The third-order valence-corrected chi connectivity index (χ3v) is 4.19. The number of carbonyl (C=O) groups is 2. The van der Waals surface area contributed by atoms with Crippen LogP contribution in [0, 0.1) is 6.92 Å². The lowest BCUT2D eigenvalue weighted by Crippen LogP contribution is -2.35. The lowest BCUT2D eigenvalue weighted by atomic mass is 10.1. The number of rotatable bonds is 4. The van der Waals surface area contributed by atoms with Gasteiger partial charge in [0.1, 0.15) is 6.10 Å². The second kappa shape index (κ2) is 7.30. The van der Waals surface area contributed by atoms with Crippen molar-refractivity contribution in [3.8, 4) is 0 Å². The van der Waals surface area contributed by atoms with Crippen LogP contribution in [-0.2, 0) is 10.9 Å². The fraction of sp³-hybridized carbons (Fsp3) is 0.263. The predicted molar refractivity (Wildman–Crippen MR) is 92.6 cm³/mol. The van der Waals surface area contributed by atoms with Gasteiger partial charge in [0, 0.05) is 5.69 Å². The van der Waals surface area contributed by atoms with Crippen LogP contribution < -0.4 is 10.2 Å². The van der Waals surface area contributed by atoms with E-state index >= 15 is 0 Å². The van der Waals surface area contributed by atoms with E-state index in [9.17, 15) is 22.8 Å². The topological polar surface area (TPSA) is 58.6 Å². The Morgan fingerprint density at radius 2 is 1.85 bits per heavy atom. The molecule has 0 radical (unpaired) electrons. The number of aryl methyl sites for hydroxylation is 1. The van der Waals surface area contributed by atoms with Gasteiger partial charge in [-0.2, -0.15) is 13.2 Å². The Labute approximate surface area is 153 Å². The minimum atomic E-state index is -4.63. The Morgan fingerprint density at radius 3 is 2.52 bits per heavy atom. The molecule has 1 aliphatic heterocycles. The number of anilines is 1. The molecule has 3 rings (SSSR count). The molecule has 27 heavy (non-hydrogen) atoms. The molecule has 0 spiro atoms. The summed E-state index contributed by atoms with van der Waals surface area (Å²) in [7, 11) is 0. The quantitative estimate of drug-likeness (QED) is 0.881. The summed E-state index contributed by atoms with van der Waals surface area (Å²) in [4.78, 5) is 25.6. The number of hydrogen-bond acceptors (Lipinski definition) is 3. The van der Waals surface area contributed by atoms with E-state index in [4.69, 9.17) is 4.74 Å². The number of halogens is 3. The van der Waals surface area contributed by atoms with Crippen molar-refractivity contribution in [1.29, 1.82) is 0 Å². The molecule has 0 aliphatic carbocycles. The summed E-state index contributed by atoms with van der Waals surface area (Å²) in [5, 5.41) is 2.41. The van der Waals surface area contributed by atoms with Gasteiger partial charge in [-0.15, -0.1) is 0 Å². The number of carbonyl (C=O) groups excluding carboxylic acids is 2. The molecule has 1 N–H and O–H groups in total. The molecule has 1 heterocycles. The minimum absolute atomic E-state index is 0.0842. The molecule has 142 valence electrons. The molecule has 0 bridgehead atoms. The summed E-state index contributed by atoms with van der Waals surface area (Å²) >= 11 is 0. The van der Waals surface area contributed by atoms with Crippen molar-refractivity contribution in [2.45, 2.75) is 19.2 Å². The van der Waals surface area contributed by atoms with Crippen LogP contribution in [-0.4, -0.2) is 31.2 Å². The van der Waals surface area contributed by atoms with Crippen molar-refractivity contribution in [2.75, 3.05) is 18.0 Å². The Morgan fingerprint density at radius 1 is 1.19 bits per heavy atom.